The molecule has 1 aromatic heterocycles. The minimum atomic E-state index is -2.81. The number of halogens is 2. The fourth-order valence-corrected chi connectivity index (χ4v) is 1.26. The molecule has 5 nitrogen and oxygen atoms in total. The average molecular weight is 216 g/mol. The van der Waals surface area contributed by atoms with Gasteiger partial charge in [0.25, 0.3) is 11.8 Å². The molecule has 0 N–H and O–H groups in total. The maximum Gasteiger partial charge on any atom is 0.282 e. The molecule has 0 aliphatic carbocycles. The molecule has 0 spiro atoms. The number of hydrogen-bond acceptors (Lipinski definition) is 4. The molecule has 0 saturated carbocycles. The highest BCUT2D eigenvalue weighted by Gasteiger charge is 2.46. The Morgan fingerprint density at radius 2 is 2.27 bits per heavy atom. The quantitative estimate of drug-likeness (QED) is 0.678. The van der Waals surface area contributed by atoms with E-state index < -0.39 is 24.9 Å². The van der Waals surface area contributed by atoms with Crippen molar-refractivity contribution in [3.8, 4) is 0 Å². The number of rotatable bonds is 2. The Kier molecular flexibility index (Phi) is 2.02. The van der Waals surface area contributed by atoms with Crippen molar-refractivity contribution < 1.29 is 22.9 Å². The van der Waals surface area contributed by atoms with Crippen LogP contribution >= 0.6 is 0 Å². The number of hydrogen-bond donors (Lipinski definition) is 0. The Morgan fingerprint density at radius 1 is 1.60 bits per heavy atom. The van der Waals surface area contributed by atoms with E-state index in [1.54, 1.807) is 0 Å². The number of aldehydes is 1. The second-order valence-electron chi connectivity index (χ2n) is 3.25. The maximum absolute atomic E-state index is 12.4. The summed E-state index contributed by atoms with van der Waals surface area (Å²) in [5.41, 5.74) is -0.132. The summed E-state index contributed by atoms with van der Waals surface area (Å²) in [5.74, 6) is -3.57. The van der Waals surface area contributed by atoms with E-state index in [0.717, 1.165) is 11.0 Å². The zero-order valence-corrected chi connectivity index (χ0v) is 7.44. The molecule has 1 saturated heterocycles. The van der Waals surface area contributed by atoms with Crippen molar-refractivity contribution in [3.63, 3.8) is 0 Å². The molecule has 0 radical (unpaired) electrons. The molecule has 1 aromatic rings. The van der Waals surface area contributed by atoms with Crippen LogP contribution in [0.5, 0.6) is 0 Å². The molecule has 0 unspecified atom stereocenters. The molecular formula is C8H6F2N2O3. The first-order valence-corrected chi connectivity index (χ1v) is 4.11. The van der Waals surface area contributed by atoms with Crippen molar-refractivity contribution in [2.24, 2.45) is 0 Å². The molecule has 0 aromatic carbocycles. The van der Waals surface area contributed by atoms with Crippen molar-refractivity contribution in [2.45, 2.75) is 5.92 Å². The molecule has 0 atom stereocenters. The lowest BCUT2D eigenvalue weighted by Crippen LogP contribution is -2.58. The third kappa shape index (κ3) is 1.72. The summed E-state index contributed by atoms with van der Waals surface area (Å²) in [6, 6.07) is 1.12. The molecule has 15 heavy (non-hydrogen) atoms. The van der Waals surface area contributed by atoms with E-state index >= 15 is 0 Å². The molecule has 7 heteroatoms. The van der Waals surface area contributed by atoms with Crippen molar-refractivity contribution in [1.29, 1.82) is 0 Å². The summed E-state index contributed by atoms with van der Waals surface area (Å²) >= 11 is 0. The molecule has 1 amide bonds. The van der Waals surface area contributed by atoms with Crippen LogP contribution in [0.4, 0.5) is 8.78 Å². The number of nitrogens with zero attached hydrogens (tertiary/aromatic N) is 2. The van der Waals surface area contributed by atoms with Crippen LogP contribution in [0.2, 0.25) is 0 Å². The zero-order chi connectivity index (χ0) is 11.1. The maximum atomic E-state index is 12.4. The van der Waals surface area contributed by atoms with Crippen LogP contribution in [0.1, 0.15) is 21.0 Å². The van der Waals surface area contributed by atoms with Crippen LogP contribution in [0.15, 0.2) is 10.6 Å². The first kappa shape index (κ1) is 9.75. The fraction of sp³-hybridized carbons (Fsp3) is 0.375. The Hall–Kier alpha value is -1.79. The first-order chi connectivity index (χ1) is 7.02. The van der Waals surface area contributed by atoms with E-state index in [4.69, 9.17) is 0 Å². The standard InChI is InChI=1S/C8H6F2N2O3/c9-8(10)3-12(4-8)7(14)6-1-5(2-13)15-11-6/h1-2H,3-4H2. The molecule has 1 aliphatic rings. The highest BCUT2D eigenvalue weighted by molar-refractivity contribution is 5.94. The zero-order valence-electron chi connectivity index (χ0n) is 7.44. The topological polar surface area (TPSA) is 63.4 Å². The van der Waals surface area contributed by atoms with Gasteiger partial charge >= 0.3 is 0 Å². The van der Waals surface area contributed by atoms with Gasteiger partial charge in [0.2, 0.25) is 0 Å². The molecule has 1 aliphatic heterocycles. The summed E-state index contributed by atoms with van der Waals surface area (Å²) in [7, 11) is 0. The first-order valence-electron chi connectivity index (χ1n) is 4.11. The van der Waals surface area contributed by atoms with Crippen LogP contribution in [0.3, 0.4) is 0 Å². The van der Waals surface area contributed by atoms with E-state index in [0.29, 0.717) is 6.29 Å². The van der Waals surface area contributed by atoms with Gasteiger partial charge in [-0.2, -0.15) is 0 Å². The van der Waals surface area contributed by atoms with Crippen LogP contribution < -0.4 is 0 Å². The van der Waals surface area contributed by atoms with Gasteiger partial charge in [0, 0.05) is 6.07 Å². The molecule has 0 bridgehead atoms. The van der Waals surface area contributed by atoms with Crippen LogP contribution in [0.25, 0.3) is 0 Å². The minimum absolute atomic E-state index is 0.106. The highest BCUT2D eigenvalue weighted by Crippen LogP contribution is 2.27. The minimum Gasteiger partial charge on any atom is -0.353 e. The van der Waals surface area contributed by atoms with E-state index in [2.05, 4.69) is 9.68 Å². The van der Waals surface area contributed by atoms with Crippen molar-refractivity contribution in [3.05, 3.63) is 17.5 Å². The van der Waals surface area contributed by atoms with Gasteiger partial charge in [-0.05, 0) is 0 Å². The van der Waals surface area contributed by atoms with Crippen LogP contribution in [-0.2, 0) is 0 Å². The second kappa shape index (κ2) is 3.11. The highest BCUT2D eigenvalue weighted by atomic mass is 19.3. The summed E-state index contributed by atoms with van der Waals surface area (Å²) in [6.45, 7) is -1.23. The predicted molar refractivity (Wildman–Crippen MR) is 42.7 cm³/mol. The van der Waals surface area contributed by atoms with Gasteiger partial charge < -0.3 is 9.42 Å². The lowest BCUT2D eigenvalue weighted by molar-refractivity contribution is -0.113. The third-order valence-electron chi connectivity index (χ3n) is 2.00. The number of amides is 1. The summed E-state index contributed by atoms with van der Waals surface area (Å²) in [5, 5.41) is 3.30. The molecule has 80 valence electrons. The summed E-state index contributed by atoms with van der Waals surface area (Å²) in [6.07, 6.45) is 0.383. The molecule has 2 heterocycles. The van der Waals surface area contributed by atoms with Gasteiger partial charge in [-0.3, -0.25) is 9.59 Å². The Labute approximate surface area is 82.6 Å². The normalized spacial score (nSPS) is 18.4. The van der Waals surface area contributed by atoms with Crippen LogP contribution in [0, 0.1) is 0 Å². The average Bonchev–Trinajstić information content (AvgIpc) is 2.61. The second-order valence-corrected chi connectivity index (χ2v) is 3.25. The van der Waals surface area contributed by atoms with Gasteiger partial charge in [0.1, 0.15) is 0 Å². The van der Waals surface area contributed by atoms with E-state index in [9.17, 15) is 18.4 Å². The number of carbonyl (C=O) groups is 2. The van der Waals surface area contributed by atoms with Gasteiger partial charge in [-0.1, -0.05) is 5.16 Å². The van der Waals surface area contributed by atoms with E-state index in [1.165, 1.54) is 0 Å². The number of alkyl halides is 2. The summed E-state index contributed by atoms with van der Waals surface area (Å²) in [4.78, 5) is 22.6. The monoisotopic (exact) mass is 216 g/mol. The Bertz CT molecular complexity index is 408. The van der Waals surface area contributed by atoms with Crippen LogP contribution in [-0.4, -0.2) is 41.3 Å². The van der Waals surface area contributed by atoms with Gasteiger partial charge in [-0.25, -0.2) is 8.78 Å². The van der Waals surface area contributed by atoms with E-state index in [-0.39, 0.29) is 11.5 Å². The number of carbonyl (C=O) groups excluding carboxylic acids is 2. The fourth-order valence-electron chi connectivity index (χ4n) is 1.26. The number of likely N-dealkylation sites (tertiary alicyclic amines) is 1. The lowest BCUT2D eigenvalue weighted by Gasteiger charge is -2.37. The van der Waals surface area contributed by atoms with Crippen molar-refractivity contribution in [1.82, 2.24) is 10.1 Å². The van der Waals surface area contributed by atoms with Gasteiger partial charge in [0.15, 0.2) is 17.7 Å². The Morgan fingerprint density at radius 3 is 2.73 bits per heavy atom. The Balaban J connectivity index is 2.06. The predicted octanol–water partition coefficient (Wildman–Crippen LogP) is 0.578. The molecular weight excluding hydrogens is 210 g/mol. The van der Waals surface area contributed by atoms with E-state index in [1.807, 2.05) is 0 Å². The van der Waals surface area contributed by atoms with Gasteiger partial charge in [0.05, 0.1) is 13.1 Å². The largest absolute Gasteiger partial charge is 0.353 e. The molecule has 2 rings (SSSR count). The third-order valence-corrected chi connectivity index (χ3v) is 2.00. The molecule has 1 fully saturated rings. The van der Waals surface area contributed by atoms with Crippen molar-refractivity contribution in [2.75, 3.05) is 13.1 Å². The smallest absolute Gasteiger partial charge is 0.282 e. The SMILES string of the molecule is O=Cc1cc(C(=O)N2CC(F)(F)C2)no1. The van der Waals surface area contributed by atoms with Crippen molar-refractivity contribution >= 4 is 12.2 Å². The summed E-state index contributed by atoms with van der Waals surface area (Å²) < 4.78 is 29.3. The van der Waals surface area contributed by atoms with Gasteiger partial charge in [-0.15, -0.1) is 0 Å². The number of aromatic nitrogens is 1. The lowest BCUT2D eigenvalue weighted by atomic mass is 10.1.